The Hall–Kier alpha value is -2.99. The lowest BCUT2D eigenvalue weighted by Crippen LogP contribution is -2.16. The van der Waals surface area contributed by atoms with Gasteiger partial charge in [-0.15, -0.1) is 21.5 Å². The molecule has 0 aliphatic heterocycles. The minimum absolute atomic E-state index is 0.0907. The van der Waals surface area contributed by atoms with Crippen molar-refractivity contribution in [1.29, 1.82) is 0 Å². The fourth-order valence-corrected chi connectivity index (χ4v) is 2.96. The van der Waals surface area contributed by atoms with Crippen LogP contribution in [0.25, 0.3) is 0 Å². The Morgan fingerprint density at radius 2 is 2.27 bits per heavy atom. The first-order chi connectivity index (χ1) is 12.6. The molecule has 4 N–H and O–H groups in total. The van der Waals surface area contributed by atoms with Gasteiger partial charge < -0.3 is 11.2 Å². The third kappa shape index (κ3) is 4.55. The first-order valence-electron chi connectivity index (χ1n) is 7.19. The summed E-state index contributed by atoms with van der Waals surface area (Å²) in [6.45, 7) is 0. The van der Waals surface area contributed by atoms with Crippen molar-refractivity contribution >= 4 is 46.3 Å². The molecule has 0 aliphatic carbocycles. The van der Waals surface area contributed by atoms with Crippen LogP contribution in [0.5, 0.6) is 0 Å². The van der Waals surface area contributed by atoms with Crippen LogP contribution in [0, 0.1) is 5.82 Å². The Morgan fingerprint density at radius 3 is 3.04 bits per heavy atom. The second-order valence-corrected chi connectivity index (χ2v) is 6.58. The van der Waals surface area contributed by atoms with Crippen molar-refractivity contribution in [2.45, 2.75) is 5.16 Å². The highest BCUT2D eigenvalue weighted by atomic mass is 32.2. The monoisotopic (exact) mass is 392 g/mol. The molecule has 3 aromatic rings. The maximum Gasteiger partial charge on any atom is 0.264 e. The number of carbonyl (C=O) groups excluding carboxylic acids is 1. The summed E-state index contributed by atoms with van der Waals surface area (Å²) >= 11 is 2.43. The molecule has 1 aromatic carbocycles. The summed E-state index contributed by atoms with van der Waals surface area (Å²) in [4.78, 5) is 15.8. The zero-order valence-corrected chi connectivity index (χ0v) is 14.8. The zero-order chi connectivity index (χ0) is 18.4. The van der Waals surface area contributed by atoms with Crippen LogP contribution < -0.4 is 16.6 Å². The van der Waals surface area contributed by atoms with E-state index < -0.39 is 5.82 Å². The number of nitrogens with one attached hydrogen (secondary N) is 2. The van der Waals surface area contributed by atoms with E-state index in [1.807, 2.05) is 0 Å². The summed E-state index contributed by atoms with van der Waals surface area (Å²) in [6.07, 6.45) is 2.90. The van der Waals surface area contributed by atoms with Crippen LogP contribution in [0.3, 0.4) is 0 Å². The van der Waals surface area contributed by atoms with Crippen molar-refractivity contribution in [3.63, 3.8) is 0 Å². The molecule has 134 valence electrons. The molecule has 12 heteroatoms. The van der Waals surface area contributed by atoms with E-state index in [0.717, 1.165) is 16.4 Å². The van der Waals surface area contributed by atoms with E-state index in [9.17, 15) is 9.18 Å². The summed E-state index contributed by atoms with van der Waals surface area (Å²) in [5.74, 6) is 5.47. The normalized spacial score (nSPS) is 11.0. The lowest BCUT2D eigenvalue weighted by atomic mass is 10.2. The van der Waals surface area contributed by atoms with Crippen molar-refractivity contribution in [3.05, 3.63) is 47.2 Å². The summed E-state index contributed by atoms with van der Waals surface area (Å²) < 4.78 is 14.6. The smallest absolute Gasteiger partial charge is 0.264 e. The molecule has 0 bridgehead atoms. The molecule has 0 fully saturated rings. The molecule has 3 rings (SSSR count). The number of nitrogens with zero attached hydrogens (tertiary/aromatic N) is 5. The van der Waals surface area contributed by atoms with Crippen LogP contribution in [0.2, 0.25) is 0 Å². The van der Waals surface area contributed by atoms with Crippen molar-refractivity contribution in [3.8, 4) is 0 Å². The number of hydrogen-bond acceptors (Lipinski definition) is 9. The molecule has 0 radical (unpaired) electrons. The van der Waals surface area contributed by atoms with Gasteiger partial charge in [0.05, 0.1) is 12.0 Å². The first kappa shape index (κ1) is 17.8. The number of benzene rings is 1. The lowest BCUT2D eigenvalue weighted by molar-refractivity contribution is -0.113. The fraction of sp³-hybridized carbons (Fsp3) is 0.0714. The van der Waals surface area contributed by atoms with Gasteiger partial charge in [-0.1, -0.05) is 30.0 Å². The number of anilines is 2. The zero-order valence-electron chi connectivity index (χ0n) is 13.2. The van der Waals surface area contributed by atoms with Crippen molar-refractivity contribution < 1.29 is 9.18 Å². The van der Waals surface area contributed by atoms with Gasteiger partial charge in [0.15, 0.2) is 5.13 Å². The number of carbonyl (C=O) groups is 1. The Kier molecular flexibility index (Phi) is 5.76. The van der Waals surface area contributed by atoms with Gasteiger partial charge in [-0.3, -0.25) is 4.79 Å². The molecule has 0 spiro atoms. The maximum atomic E-state index is 13.5. The van der Waals surface area contributed by atoms with E-state index in [1.165, 1.54) is 23.6 Å². The molecule has 0 aliphatic rings. The van der Waals surface area contributed by atoms with Crippen LogP contribution in [0.1, 0.15) is 5.56 Å². The van der Waals surface area contributed by atoms with Gasteiger partial charge in [0, 0.05) is 17.1 Å². The highest BCUT2D eigenvalue weighted by Gasteiger charge is 2.12. The number of nitrogens with two attached hydrogens (primary N) is 1. The highest BCUT2D eigenvalue weighted by molar-refractivity contribution is 7.99. The summed E-state index contributed by atoms with van der Waals surface area (Å²) in [6, 6.07) is 6.19. The maximum absolute atomic E-state index is 13.5. The Morgan fingerprint density at radius 1 is 1.42 bits per heavy atom. The number of thiazole rings is 1. The third-order valence-corrected chi connectivity index (χ3v) is 4.58. The van der Waals surface area contributed by atoms with Gasteiger partial charge in [0.1, 0.15) is 5.82 Å². The predicted molar refractivity (Wildman–Crippen MR) is 99.3 cm³/mol. The summed E-state index contributed by atoms with van der Waals surface area (Å²) in [7, 11) is 0. The van der Waals surface area contributed by atoms with E-state index in [0.29, 0.717) is 15.9 Å². The second kappa shape index (κ2) is 8.40. The van der Waals surface area contributed by atoms with Crippen LogP contribution in [-0.4, -0.2) is 37.7 Å². The number of halogens is 1. The van der Waals surface area contributed by atoms with Gasteiger partial charge in [0.25, 0.3) is 5.95 Å². The largest absolute Gasteiger partial charge is 0.334 e. The minimum atomic E-state index is -0.394. The topological polar surface area (TPSA) is 123 Å². The number of rotatable bonds is 7. The number of nitrogen functional groups attached to an aromatic ring is 1. The molecule has 0 saturated carbocycles. The number of aromatic nitrogens is 4. The highest BCUT2D eigenvalue weighted by Crippen LogP contribution is 2.18. The lowest BCUT2D eigenvalue weighted by Gasteiger charge is -2.03. The first-order valence-corrected chi connectivity index (χ1v) is 9.06. The Labute approximate surface area is 155 Å². The second-order valence-electron chi connectivity index (χ2n) is 4.74. The van der Waals surface area contributed by atoms with E-state index >= 15 is 0 Å². The van der Waals surface area contributed by atoms with Crippen LogP contribution in [0.15, 0.2) is 46.1 Å². The van der Waals surface area contributed by atoms with Gasteiger partial charge in [-0.2, -0.15) is 5.10 Å². The molecule has 26 heavy (non-hydrogen) atoms. The molecular weight excluding hydrogens is 379 g/mol. The number of thioether (sulfide) groups is 1. The molecule has 0 unspecified atom stereocenters. The molecule has 2 heterocycles. The number of hydrazone groups is 1. The van der Waals surface area contributed by atoms with Gasteiger partial charge in [-0.25, -0.2) is 19.5 Å². The van der Waals surface area contributed by atoms with Crippen LogP contribution in [0.4, 0.5) is 15.5 Å². The molecule has 2 aromatic heterocycles. The molecule has 0 atom stereocenters. The van der Waals surface area contributed by atoms with E-state index in [-0.39, 0.29) is 17.6 Å². The van der Waals surface area contributed by atoms with E-state index in [1.54, 1.807) is 29.8 Å². The average Bonchev–Trinajstić information content (AvgIpc) is 3.25. The number of amides is 1. The molecule has 9 nitrogen and oxygen atoms in total. The van der Waals surface area contributed by atoms with Crippen molar-refractivity contribution in [2.75, 3.05) is 22.3 Å². The SMILES string of the molecule is Nn1c(N/N=C/c2ccccc2F)nnc1SCC(=O)Nc1nccs1. The van der Waals surface area contributed by atoms with E-state index in [2.05, 4.69) is 31.0 Å². The van der Waals surface area contributed by atoms with Crippen molar-refractivity contribution in [1.82, 2.24) is 19.9 Å². The third-order valence-electron chi connectivity index (χ3n) is 2.95. The fourth-order valence-electron chi connectivity index (χ4n) is 1.76. The van der Waals surface area contributed by atoms with Gasteiger partial charge >= 0.3 is 0 Å². The standard InChI is InChI=1S/C14H13FN8OS2/c15-10-4-2-1-3-9(10)7-18-20-12-21-22-14(23(12)16)26-8-11(24)19-13-17-5-6-25-13/h1-7H,8,16H2,(H,20,21)(H,17,19,24)/b18-7+. The number of hydrogen-bond donors (Lipinski definition) is 3. The van der Waals surface area contributed by atoms with Crippen molar-refractivity contribution in [2.24, 2.45) is 5.10 Å². The van der Waals surface area contributed by atoms with E-state index in [4.69, 9.17) is 5.84 Å². The van der Waals surface area contributed by atoms with Crippen LogP contribution in [-0.2, 0) is 4.79 Å². The molecule has 1 amide bonds. The summed E-state index contributed by atoms with van der Waals surface area (Å²) in [5, 5.41) is 16.8. The predicted octanol–water partition coefficient (Wildman–Crippen LogP) is 1.76. The average molecular weight is 392 g/mol. The Balaban J connectivity index is 1.54. The molecular formula is C14H13FN8OS2. The van der Waals surface area contributed by atoms with Crippen LogP contribution >= 0.6 is 23.1 Å². The quantitative estimate of drug-likeness (QED) is 0.242. The van der Waals surface area contributed by atoms with Gasteiger partial charge in [-0.05, 0) is 6.07 Å². The molecule has 0 saturated heterocycles. The summed E-state index contributed by atoms with van der Waals surface area (Å²) in [5.41, 5.74) is 2.89. The minimum Gasteiger partial charge on any atom is -0.334 e. The Bertz CT molecular complexity index is 912. The van der Waals surface area contributed by atoms with Gasteiger partial charge in [0.2, 0.25) is 11.1 Å².